The maximum Gasteiger partial charge on any atom is 0.130 e. The van der Waals surface area contributed by atoms with E-state index in [0.29, 0.717) is 12.4 Å². The second kappa shape index (κ2) is 8.17. The normalized spacial score (nSPS) is 19.5. The van der Waals surface area contributed by atoms with Crippen molar-refractivity contribution in [3.63, 3.8) is 0 Å². The van der Waals surface area contributed by atoms with Crippen LogP contribution < -0.4 is 14.2 Å². The molecule has 2 aliphatic rings. The van der Waals surface area contributed by atoms with Crippen molar-refractivity contribution in [2.45, 2.75) is 77.4 Å². The van der Waals surface area contributed by atoms with Gasteiger partial charge in [0.05, 0.1) is 6.61 Å². The van der Waals surface area contributed by atoms with E-state index >= 15 is 0 Å². The lowest BCUT2D eigenvalue weighted by Gasteiger charge is -2.36. The maximum atomic E-state index is 10.6. The SMILES string of the molecule is CCCCCOc1ccc(C2CCc3ccc4c(c3O2)CCC(C)(C)O4)c(O)c1. The summed E-state index contributed by atoms with van der Waals surface area (Å²) < 4.78 is 18.4. The Morgan fingerprint density at radius 2 is 2.00 bits per heavy atom. The molecule has 156 valence electrons. The minimum Gasteiger partial charge on any atom is -0.507 e. The highest BCUT2D eigenvalue weighted by Crippen LogP contribution is 2.46. The van der Waals surface area contributed by atoms with E-state index in [-0.39, 0.29) is 17.5 Å². The van der Waals surface area contributed by atoms with Gasteiger partial charge in [-0.1, -0.05) is 25.8 Å². The van der Waals surface area contributed by atoms with Crippen LogP contribution in [0.3, 0.4) is 0 Å². The van der Waals surface area contributed by atoms with E-state index < -0.39 is 0 Å². The summed E-state index contributed by atoms with van der Waals surface area (Å²) in [5.41, 5.74) is 3.09. The maximum absolute atomic E-state index is 10.6. The molecule has 2 aliphatic heterocycles. The number of benzene rings is 2. The monoisotopic (exact) mass is 396 g/mol. The van der Waals surface area contributed by atoms with Gasteiger partial charge >= 0.3 is 0 Å². The summed E-state index contributed by atoms with van der Waals surface area (Å²) in [6, 6.07) is 9.80. The third kappa shape index (κ3) is 4.31. The molecular formula is C25H32O4. The zero-order valence-corrected chi connectivity index (χ0v) is 17.8. The molecule has 0 aromatic heterocycles. The van der Waals surface area contributed by atoms with Crippen molar-refractivity contribution < 1.29 is 19.3 Å². The van der Waals surface area contributed by atoms with Crippen molar-refractivity contribution in [3.8, 4) is 23.0 Å². The van der Waals surface area contributed by atoms with E-state index in [1.165, 1.54) is 17.5 Å². The molecule has 0 saturated carbocycles. The molecule has 2 aromatic carbocycles. The van der Waals surface area contributed by atoms with E-state index in [1.54, 1.807) is 6.07 Å². The molecular weight excluding hydrogens is 364 g/mol. The smallest absolute Gasteiger partial charge is 0.130 e. The van der Waals surface area contributed by atoms with Gasteiger partial charge in [-0.2, -0.15) is 0 Å². The van der Waals surface area contributed by atoms with Crippen LogP contribution in [0.2, 0.25) is 0 Å². The largest absolute Gasteiger partial charge is 0.507 e. The van der Waals surface area contributed by atoms with Crippen LogP contribution in [0.4, 0.5) is 0 Å². The first-order chi connectivity index (χ1) is 14.0. The molecule has 0 bridgehead atoms. The first-order valence-corrected chi connectivity index (χ1v) is 10.9. The van der Waals surface area contributed by atoms with Crippen LogP contribution in [0.1, 0.15) is 75.7 Å². The Hall–Kier alpha value is -2.36. The van der Waals surface area contributed by atoms with Gasteiger partial charge in [-0.05, 0) is 69.7 Å². The van der Waals surface area contributed by atoms with Crippen molar-refractivity contribution >= 4 is 0 Å². The highest BCUT2D eigenvalue weighted by molar-refractivity contribution is 5.53. The zero-order valence-electron chi connectivity index (χ0n) is 17.8. The third-order valence-corrected chi connectivity index (χ3v) is 5.96. The molecule has 2 aromatic rings. The molecule has 4 rings (SSSR count). The van der Waals surface area contributed by atoms with Crippen molar-refractivity contribution in [2.24, 2.45) is 0 Å². The van der Waals surface area contributed by atoms with Gasteiger partial charge in [0.1, 0.15) is 34.7 Å². The average Bonchev–Trinajstić information content (AvgIpc) is 2.70. The van der Waals surface area contributed by atoms with Gasteiger partial charge < -0.3 is 19.3 Å². The molecule has 0 amide bonds. The first kappa shape index (κ1) is 19.9. The summed E-state index contributed by atoms with van der Waals surface area (Å²) in [7, 11) is 0. The molecule has 1 N–H and O–H groups in total. The lowest BCUT2D eigenvalue weighted by Crippen LogP contribution is -2.33. The van der Waals surface area contributed by atoms with Gasteiger partial charge in [0.25, 0.3) is 0 Å². The van der Waals surface area contributed by atoms with E-state index in [0.717, 1.165) is 55.6 Å². The molecule has 2 heterocycles. The van der Waals surface area contributed by atoms with Crippen LogP contribution >= 0.6 is 0 Å². The molecule has 0 fully saturated rings. The number of phenols is 1. The lowest BCUT2D eigenvalue weighted by molar-refractivity contribution is 0.0809. The summed E-state index contributed by atoms with van der Waals surface area (Å²) in [4.78, 5) is 0. The molecule has 1 atom stereocenters. The summed E-state index contributed by atoms with van der Waals surface area (Å²) in [6.45, 7) is 7.11. The number of phenolic OH excluding ortho intramolecular Hbond substituents is 1. The predicted octanol–water partition coefficient (Wildman–Crippen LogP) is 6.13. The van der Waals surface area contributed by atoms with E-state index in [9.17, 15) is 5.11 Å². The number of hydrogen-bond acceptors (Lipinski definition) is 4. The number of fused-ring (bicyclic) bond motifs is 3. The molecule has 1 unspecified atom stereocenters. The van der Waals surface area contributed by atoms with E-state index in [1.807, 2.05) is 12.1 Å². The minimum atomic E-state index is -0.155. The number of ether oxygens (including phenoxy) is 3. The lowest BCUT2D eigenvalue weighted by atomic mass is 9.89. The van der Waals surface area contributed by atoms with Gasteiger partial charge in [0.2, 0.25) is 0 Å². The van der Waals surface area contributed by atoms with Crippen molar-refractivity contribution in [1.29, 1.82) is 0 Å². The van der Waals surface area contributed by atoms with Crippen molar-refractivity contribution in [3.05, 3.63) is 47.0 Å². The van der Waals surface area contributed by atoms with Crippen LogP contribution in [0.5, 0.6) is 23.0 Å². The van der Waals surface area contributed by atoms with Crippen LogP contribution in [0.15, 0.2) is 30.3 Å². The van der Waals surface area contributed by atoms with Gasteiger partial charge in [-0.15, -0.1) is 0 Å². The summed E-state index contributed by atoms with van der Waals surface area (Å²) in [5, 5.41) is 10.6. The number of rotatable bonds is 6. The van der Waals surface area contributed by atoms with Crippen LogP contribution in [-0.4, -0.2) is 17.3 Å². The Labute approximate surface area is 173 Å². The Morgan fingerprint density at radius 3 is 2.79 bits per heavy atom. The average molecular weight is 397 g/mol. The second-order valence-electron chi connectivity index (χ2n) is 8.81. The van der Waals surface area contributed by atoms with Crippen LogP contribution in [0.25, 0.3) is 0 Å². The summed E-state index contributed by atoms with van der Waals surface area (Å²) in [6.07, 6.45) is 6.91. The molecule has 4 heteroatoms. The topological polar surface area (TPSA) is 47.9 Å². The number of unbranched alkanes of at least 4 members (excludes halogenated alkanes) is 2. The fourth-order valence-electron chi connectivity index (χ4n) is 4.24. The van der Waals surface area contributed by atoms with Gasteiger partial charge in [-0.25, -0.2) is 0 Å². The molecule has 0 spiro atoms. The Morgan fingerprint density at radius 1 is 1.14 bits per heavy atom. The Balaban J connectivity index is 1.51. The summed E-state index contributed by atoms with van der Waals surface area (Å²) >= 11 is 0. The fraction of sp³-hybridized carbons (Fsp3) is 0.520. The zero-order chi connectivity index (χ0) is 20.4. The van der Waals surface area contributed by atoms with Gasteiger partial charge in [0.15, 0.2) is 0 Å². The van der Waals surface area contributed by atoms with E-state index in [4.69, 9.17) is 14.2 Å². The van der Waals surface area contributed by atoms with Crippen LogP contribution in [0, 0.1) is 0 Å². The molecule has 29 heavy (non-hydrogen) atoms. The van der Waals surface area contributed by atoms with Crippen LogP contribution in [-0.2, 0) is 12.8 Å². The highest BCUT2D eigenvalue weighted by Gasteiger charge is 2.32. The van der Waals surface area contributed by atoms with Gasteiger partial charge in [-0.3, -0.25) is 0 Å². The number of aryl methyl sites for hydroxylation is 1. The summed E-state index contributed by atoms with van der Waals surface area (Å²) in [5.74, 6) is 2.84. The van der Waals surface area contributed by atoms with Gasteiger partial charge in [0, 0.05) is 17.2 Å². The molecule has 0 aliphatic carbocycles. The third-order valence-electron chi connectivity index (χ3n) is 5.96. The van der Waals surface area contributed by atoms with E-state index in [2.05, 4.69) is 32.9 Å². The quantitative estimate of drug-likeness (QED) is 0.597. The Bertz CT molecular complexity index is 871. The number of hydrogen-bond donors (Lipinski definition) is 1. The first-order valence-electron chi connectivity index (χ1n) is 10.9. The second-order valence-corrected chi connectivity index (χ2v) is 8.81. The molecule has 0 radical (unpaired) electrons. The molecule has 0 saturated heterocycles. The van der Waals surface area contributed by atoms with Crippen molar-refractivity contribution in [2.75, 3.05) is 6.61 Å². The predicted molar refractivity (Wildman–Crippen MR) is 114 cm³/mol. The van der Waals surface area contributed by atoms with Crippen molar-refractivity contribution in [1.82, 2.24) is 0 Å². The minimum absolute atomic E-state index is 0.138. The number of aromatic hydroxyl groups is 1. The highest BCUT2D eigenvalue weighted by atomic mass is 16.5. The fourth-order valence-corrected chi connectivity index (χ4v) is 4.24. The standard InChI is InChI=1S/C25H32O4/c1-4-5-6-15-27-18-9-10-19(21(26)16-18)22-11-7-17-8-12-23-20(24(17)28-22)13-14-25(2,3)29-23/h8-10,12,16,22,26H,4-7,11,13-15H2,1-3H3. The Kier molecular flexibility index (Phi) is 5.62. The molecule has 4 nitrogen and oxygen atoms in total.